The highest BCUT2D eigenvalue weighted by atomic mass is 79.9. The lowest BCUT2D eigenvalue weighted by atomic mass is 10.6. The second kappa shape index (κ2) is 4.67. The third-order valence-electron chi connectivity index (χ3n) is 1.81. The van der Waals surface area contributed by atoms with Crippen LogP contribution in [0.3, 0.4) is 0 Å². The van der Waals surface area contributed by atoms with E-state index in [9.17, 15) is 0 Å². The van der Waals surface area contributed by atoms with Gasteiger partial charge in [-0.2, -0.15) is 19.9 Å². The van der Waals surface area contributed by atoms with Crippen LogP contribution in [0.2, 0.25) is 0 Å². The van der Waals surface area contributed by atoms with Crippen LogP contribution >= 0.6 is 27.7 Å². The molecule has 6 nitrogen and oxygen atoms in total. The first-order chi connectivity index (χ1) is 7.76. The predicted octanol–water partition coefficient (Wildman–Crippen LogP) is 1.54. The first-order valence-corrected chi connectivity index (χ1v) is 6.34. The largest absolute Gasteiger partial charge is 0.341 e. The van der Waals surface area contributed by atoms with Crippen molar-refractivity contribution in [1.82, 2.24) is 19.6 Å². The summed E-state index contributed by atoms with van der Waals surface area (Å²) in [5.41, 5.74) is 0.680. The Hall–Kier alpha value is -1.33. The molecule has 2 rings (SSSR count). The molecule has 82 valence electrons. The predicted molar refractivity (Wildman–Crippen MR) is 64.4 cm³/mol. The molecule has 1 N–H and O–H groups in total. The lowest BCUT2D eigenvalue weighted by molar-refractivity contribution is 0.839. The van der Waals surface area contributed by atoms with Crippen LogP contribution in [0.4, 0.5) is 5.95 Å². The molecule has 2 aromatic heterocycles. The Bertz CT molecular complexity index is 559. The second-order valence-corrected chi connectivity index (χ2v) is 4.40. The molecule has 0 saturated heterocycles. The van der Waals surface area contributed by atoms with Crippen molar-refractivity contribution in [3.05, 3.63) is 10.7 Å². The lowest BCUT2D eigenvalue weighted by Gasteiger charge is -2.05. The van der Waals surface area contributed by atoms with E-state index in [4.69, 9.17) is 5.26 Å². The van der Waals surface area contributed by atoms with Gasteiger partial charge in [-0.15, -0.1) is 0 Å². The van der Waals surface area contributed by atoms with Crippen molar-refractivity contribution in [2.75, 3.05) is 18.1 Å². The number of hydrogen-bond acceptors (Lipinski definition) is 6. The summed E-state index contributed by atoms with van der Waals surface area (Å²) >= 11 is 4.79. The minimum absolute atomic E-state index is 0.178. The van der Waals surface area contributed by atoms with E-state index in [1.165, 1.54) is 11.8 Å². The Morgan fingerprint density at radius 2 is 2.44 bits per heavy atom. The third kappa shape index (κ3) is 1.96. The number of rotatable bonds is 3. The average molecular weight is 299 g/mol. The summed E-state index contributed by atoms with van der Waals surface area (Å²) < 4.78 is 2.35. The van der Waals surface area contributed by atoms with E-state index < -0.39 is 0 Å². The van der Waals surface area contributed by atoms with Gasteiger partial charge in [-0.25, -0.2) is 4.98 Å². The number of nitrogens with one attached hydrogen (secondary N) is 1. The van der Waals surface area contributed by atoms with E-state index >= 15 is 0 Å². The molecule has 0 aliphatic rings. The SMILES string of the molecule is CSc1nc(NCC#N)n2ncc(Br)c2n1. The molecular weight excluding hydrogens is 292 g/mol. The minimum atomic E-state index is 0.178. The van der Waals surface area contributed by atoms with Gasteiger partial charge >= 0.3 is 0 Å². The fourth-order valence-corrected chi connectivity index (χ4v) is 1.86. The van der Waals surface area contributed by atoms with Gasteiger partial charge in [0, 0.05) is 0 Å². The van der Waals surface area contributed by atoms with Crippen LogP contribution in [0, 0.1) is 11.3 Å². The zero-order valence-corrected chi connectivity index (χ0v) is 10.7. The zero-order chi connectivity index (χ0) is 11.5. The van der Waals surface area contributed by atoms with Crippen LogP contribution in [0.25, 0.3) is 5.65 Å². The van der Waals surface area contributed by atoms with Crippen LogP contribution in [0.15, 0.2) is 15.8 Å². The summed E-state index contributed by atoms with van der Waals surface area (Å²) in [6.45, 7) is 0.178. The lowest BCUT2D eigenvalue weighted by Crippen LogP contribution is -2.09. The molecule has 2 aromatic rings. The molecule has 0 atom stereocenters. The second-order valence-electron chi connectivity index (χ2n) is 2.77. The summed E-state index contributed by atoms with van der Waals surface area (Å²) in [5, 5.41) is 16.2. The summed E-state index contributed by atoms with van der Waals surface area (Å²) in [4.78, 5) is 8.54. The van der Waals surface area contributed by atoms with Crippen molar-refractivity contribution >= 4 is 39.3 Å². The molecule has 0 spiro atoms. The van der Waals surface area contributed by atoms with Crippen LogP contribution < -0.4 is 5.32 Å². The highest BCUT2D eigenvalue weighted by molar-refractivity contribution is 9.10. The molecule has 0 bridgehead atoms. The maximum atomic E-state index is 8.53. The van der Waals surface area contributed by atoms with Crippen LogP contribution in [-0.4, -0.2) is 32.4 Å². The van der Waals surface area contributed by atoms with Crippen molar-refractivity contribution in [2.45, 2.75) is 5.16 Å². The molecular formula is C8H7BrN6S. The van der Waals surface area contributed by atoms with Gasteiger partial charge in [0.15, 0.2) is 10.8 Å². The molecule has 0 fully saturated rings. The minimum Gasteiger partial charge on any atom is -0.341 e. The Morgan fingerprint density at radius 1 is 1.62 bits per heavy atom. The van der Waals surface area contributed by atoms with E-state index in [1.54, 1.807) is 10.7 Å². The summed E-state index contributed by atoms with van der Waals surface area (Å²) in [6.07, 6.45) is 3.54. The molecule has 0 unspecified atom stereocenters. The monoisotopic (exact) mass is 298 g/mol. The van der Waals surface area contributed by atoms with Gasteiger partial charge in [0.2, 0.25) is 5.95 Å². The number of hydrogen-bond donors (Lipinski definition) is 1. The summed E-state index contributed by atoms with van der Waals surface area (Å²) in [6, 6.07) is 1.99. The van der Waals surface area contributed by atoms with Gasteiger partial charge in [0.1, 0.15) is 6.54 Å². The van der Waals surface area contributed by atoms with Crippen LogP contribution in [0.5, 0.6) is 0 Å². The van der Waals surface area contributed by atoms with Gasteiger partial charge in [-0.1, -0.05) is 11.8 Å². The standard InChI is InChI=1S/C8H7BrN6S/c1-16-8-13-6-5(9)4-12-15(6)7(14-8)11-3-2-10/h4H,3H2,1H3,(H,11,13,14). The van der Waals surface area contributed by atoms with E-state index in [0.717, 1.165) is 4.47 Å². The highest BCUT2D eigenvalue weighted by Gasteiger charge is 2.10. The van der Waals surface area contributed by atoms with Crippen molar-refractivity contribution in [2.24, 2.45) is 0 Å². The molecule has 0 amide bonds. The van der Waals surface area contributed by atoms with Crippen molar-refractivity contribution < 1.29 is 0 Å². The van der Waals surface area contributed by atoms with Gasteiger partial charge < -0.3 is 5.32 Å². The summed E-state index contributed by atoms with van der Waals surface area (Å²) in [7, 11) is 0. The molecule has 8 heteroatoms. The van der Waals surface area contributed by atoms with Gasteiger partial charge in [-0.05, 0) is 22.2 Å². The number of thioether (sulfide) groups is 1. The smallest absolute Gasteiger partial charge is 0.229 e. The molecule has 16 heavy (non-hydrogen) atoms. The van der Waals surface area contributed by atoms with Crippen molar-refractivity contribution in [3.63, 3.8) is 0 Å². The molecule has 0 radical (unpaired) electrons. The highest BCUT2D eigenvalue weighted by Crippen LogP contribution is 2.20. The fraction of sp³-hybridized carbons (Fsp3) is 0.250. The molecule has 0 aromatic carbocycles. The van der Waals surface area contributed by atoms with Crippen molar-refractivity contribution in [1.29, 1.82) is 5.26 Å². The number of nitriles is 1. The van der Waals surface area contributed by atoms with E-state index in [1.807, 2.05) is 12.3 Å². The average Bonchev–Trinajstić information content (AvgIpc) is 2.68. The first kappa shape index (κ1) is 11.2. The van der Waals surface area contributed by atoms with Crippen LogP contribution in [0.1, 0.15) is 0 Å². The topological polar surface area (TPSA) is 78.9 Å². The molecule has 0 saturated carbocycles. The van der Waals surface area contributed by atoms with E-state index in [-0.39, 0.29) is 6.54 Å². The fourth-order valence-electron chi connectivity index (χ4n) is 1.16. The molecule has 0 aliphatic carbocycles. The first-order valence-electron chi connectivity index (χ1n) is 4.32. The Balaban J connectivity index is 2.56. The maximum absolute atomic E-state index is 8.53. The van der Waals surface area contributed by atoms with Crippen LogP contribution in [-0.2, 0) is 0 Å². The normalized spacial score (nSPS) is 10.3. The number of nitrogens with zero attached hydrogens (tertiary/aromatic N) is 5. The Labute approximate surface area is 104 Å². The van der Waals surface area contributed by atoms with Gasteiger partial charge in [-0.3, -0.25) is 0 Å². The number of anilines is 1. The van der Waals surface area contributed by atoms with E-state index in [2.05, 4.69) is 36.3 Å². The number of aromatic nitrogens is 4. The third-order valence-corrected chi connectivity index (χ3v) is 2.92. The van der Waals surface area contributed by atoms with Gasteiger partial charge in [0.05, 0.1) is 16.7 Å². The van der Waals surface area contributed by atoms with Crippen molar-refractivity contribution in [3.8, 4) is 6.07 Å². The molecule has 2 heterocycles. The Morgan fingerprint density at radius 3 is 3.12 bits per heavy atom. The quantitative estimate of drug-likeness (QED) is 0.684. The molecule has 0 aliphatic heterocycles. The number of halogens is 1. The van der Waals surface area contributed by atoms with Gasteiger partial charge in [0.25, 0.3) is 0 Å². The van der Waals surface area contributed by atoms with E-state index in [0.29, 0.717) is 16.8 Å². The number of fused-ring (bicyclic) bond motifs is 1. The zero-order valence-electron chi connectivity index (χ0n) is 8.31. The summed E-state index contributed by atoms with van der Waals surface area (Å²) in [5.74, 6) is 0.515. The Kier molecular flexibility index (Phi) is 3.26. The maximum Gasteiger partial charge on any atom is 0.229 e.